The van der Waals surface area contributed by atoms with Gasteiger partial charge in [-0.25, -0.2) is 4.98 Å². The summed E-state index contributed by atoms with van der Waals surface area (Å²) in [4.78, 5) is 19.6. The zero-order chi connectivity index (χ0) is 18.1. The average Bonchev–Trinajstić information content (AvgIpc) is 3.18. The lowest BCUT2D eigenvalue weighted by Crippen LogP contribution is -2.19. The van der Waals surface area contributed by atoms with E-state index in [4.69, 9.17) is 4.74 Å². The number of nitrogens with zero attached hydrogens (tertiary/aromatic N) is 1. The highest BCUT2D eigenvalue weighted by atomic mass is 32.1. The summed E-state index contributed by atoms with van der Waals surface area (Å²) in [6, 6.07) is 12.9. The topological polar surface area (TPSA) is 75.2 Å². The van der Waals surface area contributed by atoms with Crippen molar-refractivity contribution in [3.8, 4) is 11.5 Å². The molecule has 130 valence electrons. The normalized spacial score (nSPS) is 12.8. The molecule has 7 heteroatoms. The van der Waals surface area contributed by atoms with Crippen molar-refractivity contribution in [3.05, 3.63) is 72.6 Å². The molecule has 2 heterocycles. The van der Waals surface area contributed by atoms with Crippen molar-refractivity contribution < 1.29 is 9.84 Å². The van der Waals surface area contributed by atoms with E-state index in [0.717, 1.165) is 25.5 Å². The van der Waals surface area contributed by atoms with Gasteiger partial charge in [-0.1, -0.05) is 18.2 Å². The highest BCUT2D eigenvalue weighted by Gasteiger charge is 2.03. The molecule has 0 fully saturated rings. The minimum absolute atomic E-state index is 0.0375. The van der Waals surface area contributed by atoms with E-state index in [1.54, 1.807) is 35.6 Å². The van der Waals surface area contributed by atoms with Gasteiger partial charge >= 0.3 is 0 Å². The van der Waals surface area contributed by atoms with Crippen LogP contribution >= 0.6 is 22.7 Å². The molecule has 2 aromatic heterocycles. The summed E-state index contributed by atoms with van der Waals surface area (Å²) in [6.45, 7) is 0. The summed E-state index contributed by atoms with van der Waals surface area (Å²) in [6.07, 6.45) is 3.61. The number of rotatable bonds is 3. The van der Waals surface area contributed by atoms with Gasteiger partial charge in [-0.2, -0.15) is 0 Å². The van der Waals surface area contributed by atoms with Gasteiger partial charge in [0.2, 0.25) is 0 Å². The maximum atomic E-state index is 12.2. The van der Waals surface area contributed by atoms with E-state index in [0.29, 0.717) is 10.3 Å². The van der Waals surface area contributed by atoms with Crippen LogP contribution in [-0.4, -0.2) is 22.2 Å². The minimum atomic E-state index is -0.169. The third kappa shape index (κ3) is 3.26. The van der Waals surface area contributed by atoms with Gasteiger partial charge in [0.05, 0.1) is 26.5 Å². The Morgan fingerprint density at radius 3 is 2.77 bits per heavy atom. The second kappa shape index (κ2) is 6.78. The number of hydrogen-bond donors (Lipinski definition) is 2. The van der Waals surface area contributed by atoms with Gasteiger partial charge in [0.1, 0.15) is 5.01 Å². The molecular formula is C19H14N2O3S2. The Morgan fingerprint density at radius 2 is 2.00 bits per heavy atom. The van der Waals surface area contributed by atoms with Crippen molar-refractivity contribution in [2.75, 3.05) is 7.11 Å². The van der Waals surface area contributed by atoms with Crippen molar-refractivity contribution in [2.45, 2.75) is 0 Å². The molecular weight excluding hydrogens is 368 g/mol. The predicted molar refractivity (Wildman–Crippen MR) is 106 cm³/mol. The molecule has 4 rings (SSSR count). The molecule has 0 unspecified atom stereocenters. The number of hydrogen-bond acceptors (Lipinski definition) is 6. The Hall–Kier alpha value is -2.90. The van der Waals surface area contributed by atoms with Crippen molar-refractivity contribution in [1.82, 2.24) is 9.97 Å². The lowest BCUT2D eigenvalue weighted by molar-refractivity contribution is 0.373. The summed E-state index contributed by atoms with van der Waals surface area (Å²) in [7, 11) is 1.49. The molecule has 0 spiro atoms. The van der Waals surface area contributed by atoms with Crippen molar-refractivity contribution in [3.63, 3.8) is 0 Å². The largest absolute Gasteiger partial charge is 0.504 e. The third-order valence-electron chi connectivity index (χ3n) is 3.75. The fourth-order valence-electron chi connectivity index (χ4n) is 2.54. The second-order valence-electron chi connectivity index (χ2n) is 5.52. The number of phenolic OH excluding ortho intramolecular Hbond substituents is 1. The molecule has 26 heavy (non-hydrogen) atoms. The zero-order valence-electron chi connectivity index (χ0n) is 13.7. The highest BCUT2D eigenvalue weighted by Crippen LogP contribution is 2.26. The molecule has 5 nitrogen and oxygen atoms in total. The van der Waals surface area contributed by atoms with Crippen LogP contribution in [0.5, 0.6) is 11.5 Å². The number of ether oxygens (including phenoxy) is 1. The van der Waals surface area contributed by atoms with Crippen LogP contribution < -0.4 is 19.5 Å². The van der Waals surface area contributed by atoms with Crippen LogP contribution in [0.2, 0.25) is 0 Å². The first kappa shape index (κ1) is 16.6. The number of nitrogens with one attached hydrogen (secondary N) is 1. The highest BCUT2D eigenvalue weighted by molar-refractivity contribution is 7.19. The van der Waals surface area contributed by atoms with E-state index in [-0.39, 0.29) is 11.3 Å². The number of aromatic hydroxyl groups is 1. The molecule has 0 aliphatic rings. The number of para-hydroxylation sites is 1. The summed E-state index contributed by atoms with van der Waals surface area (Å²) in [5, 5.41) is 10.7. The maximum absolute atomic E-state index is 12.2. The number of phenols is 1. The third-order valence-corrected chi connectivity index (χ3v) is 5.69. The van der Waals surface area contributed by atoms with Crippen molar-refractivity contribution in [2.24, 2.45) is 0 Å². The first-order valence-electron chi connectivity index (χ1n) is 7.77. The van der Waals surface area contributed by atoms with E-state index in [9.17, 15) is 9.90 Å². The average molecular weight is 382 g/mol. The standard InChI is InChI=1S/C19H14N2O3S2/c1-24-14-7-6-11(8-13(14)22)9-16-19(23)21-18(26-16)10-17-20-12-4-2-3-5-15(12)25-17/h2-10,22H,1H3,(H,21,23)/b16-9-,18-10+. The van der Waals surface area contributed by atoms with Gasteiger partial charge in [-0.05, 0) is 35.9 Å². The molecule has 0 saturated carbocycles. The zero-order valence-corrected chi connectivity index (χ0v) is 15.4. The van der Waals surface area contributed by atoms with Crippen LogP contribution in [0.4, 0.5) is 0 Å². The number of H-pyrrole nitrogens is 1. The first-order valence-corrected chi connectivity index (χ1v) is 9.41. The Balaban J connectivity index is 1.75. The molecule has 2 aromatic carbocycles. The maximum Gasteiger partial charge on any atom is 0.266 e. The molecule has 0 bridgehead atoms. The smallest absolute Gasteiger partial charge is 0.266 e. The molecule has 0 aliphatic carbocycles. The second-order valence-corrected chi connectivity index (χ2v) is 7.67. The number of thiazole rings is 2. The van der Waals surface area contributed by atoms with E-state index < -0.39 is 0 Å². The summed E-state index contributed by atoms with van der Waals surface area (Å²) < 4.78 is 7.43. The molecule has 0 saturated heterocycles. The fraction of sp³-hybridized carbons (Fsp3) is 0.0526. The van der Waals surface area contributed by atoms with Crippen LogP contribution in [0.15, 0.2) is 47.3 Å². The minimum Gasteiger partial charge on any atom is -0.504 e. The molecule has 0 aliphatic heterocycles. The molecule has 2 N–H and O–H groups in total. The lowest BCUT2D eigenvalue weighted by atomic mass is 10.2. The van der Waals surface area contributed by atoms with Crippen LogP contribution in [0.3, 0.4) is 0 Å². The Kier molecular flexibility index (Phi) is 4.32. The van der Waals surface area contributed by atoms with Gasteiger partial charge in [-0.15, -0.1) is 22.7 Å². The lowest BCUT2D eigenvalue weighted by Gasteiger charge is -2.02. The summed E-state index contributed by atoms with van der Waals surface area (Å²) >= 11 is 2.93. The van der Waals surface area contributed by atoms with Crippen LogP contribution in [0, 0.1) is 0 Å². The summed E-state index contributed by atoms with van der Waals surface area (Å²) in [5.41, 5.74) is 1.50. The number of aromatic nitrogens is 2. The molecule has 0 radical (unpaired) electrons. The van der Waals surface area contributed by atoms with Crippen LogP contribution in [0.1, 0.15) is 10.6 Å². The van der Waals surface area contributed by atoms with E-state index in [2.05, 4.69) is 9.97 Å². The van der Waals surface area contributed by atoms with E-state index >= 15 is 0 Å². The Bertz CT molecular complexity index is 1230. The number of fused-ring (bicyclic) bond motifs is 1. The van der Waals surface area contributed by atoms with Crippen LogP contribution in [-0.2, 0) is 0 Å². The summed E-state index contributed by atoms with van der Waals surface area (Å²) in [5.74, 6) is 0.433. The predicted octanol–water partition coefficient (Wildman–Crippen LogP) is 2.42. The Morgan fingerprint density at radius 1 is 1.15 bits per heavy atom. The number of aromatic amines is 1. The Labute approximate surface area is 156 Å². The van der Waals surface area contributed by atoms with Gasteiger partial charge in [0.25, 0.3) is 5.56 Å². The molecule has 4 aromatic rings. The van der Waals surface area contributed by atoms with Gasteiger partial charge in [-0.3, -0.25) is 4.79 Å². The van der Waals surface area contributed by atoms with Gasteiger partial charge in [0, 0.05) is 6.08 Å². The monoisotopic (exact) mass is 382 g/mol. The van der Waals surface area contributed by atoms with Gasteiger partial charge < -0.3 is 14.8 Å². The first-order chi connectivity index (χ1) is 12.6. The number of methoxy groups -OCH3 is 1. The van der Waals surface area contributed by atoms with Gasteiger partial charge in [0.15, 0.2) is 11.5 Å². The van der Waals surface area contributed by atoms with E-state index in [1.807, 2.05) is 30.3 Å². The number of benzene rings is 2. The quantitative estimate of drug-likeness (QED) is 0.571. The van der Waals surface area contributed by atoms with Crippen molar-refractivity contribution in [1.29, 1.82) is 0 Å². The molecule has 0 atom stereocenters. The molecule has 0 amide bonds. The fourth-order valence-corrected chi connectivity index (χ4v) is 4.41. The van der Waals surface area contributed by atoms with Crippen molar-refractivity contribution >= 4 is 45.0 Å². The van der Waals surface area contributed by atoms with Crippen LogP contribution in [0.25, 0.3) is 22.4 Å². The van der Waals surface area contributed by atoms with E-state index in [1.165, 1.54) is 18.4 Å². The SMILES string of the molecule is COc1ccc(/C=c2\s/c(=C/c3nc4ccccc4s3)[nH]c2=O)cc1O.